The summed E-state index contributed by atoms with van der Waals surface area (Å²) < 4.78 is 12.9. The Labute approximate surface area is 120 Å². The number of aromatic nitrogens is 2. The molecule has 2 aromatic rings. The maximum absolute atomic E-state index is 12.3. The number of aliphatic carboxylic acids is 1. The zero-order valence-corrected chi connectivity index (χ0v) is 12.6. The molecule has 1 aromatic carbocycles. The lowest BCUT2D eigenvalue weighted by Gasteiger charge is -2.17. The van der Waals surface area contributed by atoms with Gasteiger partial charge in [-0.3, -0.25) is 13.7 Å². The molecule has 0 aliphatic carbocycles. The molecule has 1 heterocycles. The maximum atomic E-state index is 12.3. The van der Waals surface area contributed by atoms with Gasteiger partial charge in [-0.05, 0) is 26.8 Å². The normalized spacial score (nSPS) is 13.6. The van der Waals surface area contributed by atoms with E-state index >= 15 is 0 Å². The fourth-order valence-electron chi connectivity index (χ4n) is 1.95. The molecule has 1 N–H and O–H groups in total. The van der Waals surface area contributed by atoms with Crippen molar-refractivity contribution in [1.82, 2.24) is 9.78 Å². The molecule has 0 amide bonds. The van der Waals surface area contributed by atoms with E-state index in [1.54, 1.807) is 0 Å². The second-order valence-electron chi connectivity index (χ2n) is 5.08. The van der Waals surface area contributed by atoms with E-state index in [0.29, 0.717) is 5.69 Å². The number of nitrogens with zero attached hydrogens (tertiary/aromatic N) is 2. The molecule has 1 atom stereocenters. The maximum Gasteiger partial charge on any atom is 0.321 e. The number of carboxylic acid groups (broad SMARTS) is 1. The summed E-state index contributed by atoms with van der Waals surface area (Å²) in [7, 11) is -1.53. The van der Waals surface area contributed by atoms with Crippen molar-refractivity contribution in [3.05, 3.63) is 30.0 Å². The number of hydrogen-bond donors (Lipinski definition) is 1. The first kappa shape index (κ1) is 14.7. The summed E-state index contributed by atoms with van der Waals surface area (Å²) in [5, 5.41) is 14.5. The van der Waals surface area contributed by atoms with E-state index < -0.39 is 21.5 Å². The van der Waals surface area contributed by atoms with Crippen LogP contribution in [-0.4, -0.2) is 29.8 Å². The van der Waals surface area contributed by atoms with Crippen LogP contribution in [0.3, 0.4) is 0 Å². The predicted molar refractivity (Wildman–Crippen MR) is 79.0 cm³/mol. The Morgan fingerprint density at radius 3 is 2.65 bits per heavy atom. The van der Waals surface area contributed by atoms with Crippen LogP contribution in [0.5, 0.6) is 0 Å². The van der Waals surface area contributed by atoms with Gasteiger partial charge in [0.2, 0.25) is 0 Å². The lowest BCUT2D eigenvalue weighted by Crippen LogP contribution is -2.37. The van der Waals surface area contributed by atoms with Gasteiger partial charge in [-0.1, -0.05) is 18.2 Å². The summed E-state index contributed by atoms with van der Waals surface area (Å²) in [5.41, 5.74) is 1.67. The minimum absolute atomic E-state index is 0.146. The van der Waals surface area contributed by atoms with E-state index in [2.05, 4.69) is 5.10 Å². The summed E-state index contributed by atoms with van der Waals surface area (Å²) in [6.45, 7) is 5.66. The quantitative estimate of drug-likeness (QED) is 0.917. The predicted octanol–water partition coefficient (Wildman–Crippen LogP) is 2.17. The first-order valence-electron chi connectivity index (χ1n) is 6.44. The van der Waals surface area contributed by atoms with E-state index in [1.165, 1.54) is 13.8 Å². The smallest absolute Gasteiger partial charge is 0.321 e. The molecule has 0 saturated carbocycles. The Bertz CT molecular complexity index is 676. The van der Waals surface area contributed by atoms with E-state index in [-0.39, 0.29) is 5.75 Å². The van der Waals surface area contributed by atoms with Crippen molar-refractivity contribution in [3.8, 4) is 0 Å². The van der Waals surface area contributed by atoms with Crippen molar-refractivity contribution in [1.29, 1.82) is 0 Å². The molecule has 0 radical (unpaired) electrons. The lowest BCUT2D eigenvalue weighted by molar-refractivity contribution is -0.139. The third-order valence-corrected chi connectivity index (χ3v) is 5.23. The summed E-state index contributed by atoms with van der Waals surface area (Å²) in [6, 6.07) is 7.71. The number of carbonyl (C=O) groups is 1. The highest BCUT2D eigenvalue weighted by Crippen LogP contribution is 2.23. The highest BCUT2D eigenvalue weighted by molar-refractivity contribution is 7.86. The van der Waals surface area contributed by atoms with Crippen LogP contribution in [0.4, 0.5) is 0 Å². The second kappa shape index (κ2) is 5.36. The molecule has 0 spiro atoms. The SMILES string of the molecule is CCn1nc(CS(=O)C(C)(C)C(=O)O)c2ccccc21. The van der Waals surface area contributed by atoms with Gasteiger partial charge in [0.05, 0.1) is 17.0 Å². The Morgan fingerprint density at radius 2 is 2.05 bits per heavy atom. The lowest BCUT2D eigenvalue weighted by atomic mass is 10.2. The largest absolute Gasteiger partial charge is 0.480 e. The minimum atomic E-state index is -1.53. The van der Waals surface area contributed by atoms with Crippen LogP contribution in [0.15, 0.2) is 24.3 Å². The van der Waals surface area contributed by atoms with Gasteiger partial charge < -0.3 is 5.11 Å². The van der Waals surface area contributed by atoms with Gasteiger partial charge in [-0.2, -0.15) is 5.10 Å². The zero-order chi connectivity index (χ0) is 14.9. The number of benzene rings is 1. The highest BCUT2D eigenvalue weighted by atomic mass is 32.2. The zero-order valence-electron chi connectivity index (χ0n) is 11.8. The molecule has 0 bridgehead atoms. The topological polar surface area (TPSA) is 72.2 Å². The van der Waals surface area contributed by atoms with E-state index in [4.69, 9.17) is 5.11 Å². The van der Waals surface area contributed by atoms with Gasteiger partial charge in [0.25, 0.3) is 0 Å². The molecule has 0 saturated heterocycles. The summed E-state index contributed by atoms with van der Waals surface area (Å²) >= 11 is 0. The number of rotatable bonds is 5. The monoisotopic (exact) mass is 294 g/mol. The molecule has 108 valence electrons. The second-order valence-corrected chi connectivity index (χ2v) is 7.09. The third-order valence-electron chi connectivity index (χ3n) is 3.39. The standard InChI is InChI=1S/C14H18N2O3S/c1-4-16-12-8-6-5-7-10(12)11(15-16)9-20(19)14(2,3)13(17)18/h5-8H,4,9H2,1-3H3,(H,17,18). The van der Waals surface area contributed by atoms with Crippen molar-refractivity contribution in [2.45, 2.75) is 37.8 Å². The molecule has 2 rings (SSSR count). The highest BCUT2D eigenvalue weighted by Gasteiger charge is 2.35. The summed E-state index contributed by atoms with van der Waals surface area (Å²) in [6.07, 6.45) is 0. The summed E-state index contributed by atoms with van der Waals surface area (Å²) in [4.78, 5) is 11.2. The number of fused-ring (bicyclic) bond motifs is 1. The van der Waals surface area contributed by atoms with Crippen LogP contribution >= 0.6 is 0 Å². The van der Waals surface area contributed by atoms with Crippen LogP contribution < -0.4 is 0 Å². The van der Waals surface area contributed by atoms with Gasteiger partial charge in [0.1, 0.15) is 4.75 Å². The van der Waals surface area contributed by atoms with Gasteiger partial charge in [-0.25, -0.2) is 0 Å². The van der Waals surface area contributed by atoms with Gasteiger partial charge >= 0.3 is 5.97 Å². The fourth-order valence-corrected chi connectivity index (χ4v) is 2.96. The van der Waals surface area contributed by atoms with Gasteiger partial charge in [0, 0.05) is 22.7 Å². The van der Waals surface area contributed by atoms with Crippen molar-refractivity contribution in [3.63, 3.8) is 0 Å². The first-order valence-corrected chi connectivity index (χ1v) is 7.76. The molecule has 1 aromatic heterocycles. The Hall–Kier alpha value is -1.69. The van der Waals surface area contributed by atoms with E-state index in [0.717, 1.165) is 17.4 Å². The van der Waals surface area contributed by atoms with Crippen molar-refractivity contribution >= 4 is 27.7 Å². The number of para-hydroxylation sites is 1. The van der Waals surface area contributed by atoms with Crippen LogP contribution in [0, 0.1) is 0 Å². The van der Waals surface area contributed by atoms with Crippen molar-refractivity contribution in [2.75, 3.05) is 0 Å². The fraction of sp³-hybridized carbons (Fsp3) is 0.429. The third kappa shape index (κ3) is 2.47. The average molecular weight is 294 g/mol. The Balaban J connectivity index is 2.40. The molecule has 0 fully saturated rings. The van der Waals surface area contributed by atoms with Gasteiger partial charge in [0.15, 0.2) is 0 Å². The molecular weight excluding hydrogens is 276 g/mol. The Kier molecular flexibility index (Phi) is 3.94. The first-order chi connectivity index (χ1) is 9.37. The number of aryl methyl sites for hydroxylation is 1. The molecule has 0 aliphatic rings. The van der Waals surface area contributed by atoms with E-state index in [9.17, 15) is 9.00 Å². The summed E-state index contributed by atoms with van der Waals surface area (Å²) in [5.74, 6) is -0.914. The van der Waals surface area contributed by atoms with Crippen molar-refractivity contribution < 1.29 is 14.1 Å². The van der Waals surface area contributed by atoms with Crippen LogP contribution in [0.25, 0.3) is 10.9 Å². The molecule has 0 aliphatic heterocycles. The molecule has 20 heavy (non-hydrogen) atoms. The molecule has 6 heteroatoms. The van der Waals surface area contributed by atoms with Crippen LogP contribution in [0.1, 0.15) is 26.5 Å². The van der Waals surface area contributed by atoms with Gasteiger partial charge in [-0.15, -0.1) is 0 Å². The number of hydrogen-bond acceptors (Lipinski definition) is 3. The van der Waals surface area contributed by atoms with E-state index in [1.807, 2.05) is 35.9 Å². The molecule has 5 nitrogen and oxygen atoms in total. The van der Waals surface area contributed by atoms with Crippen LogP contribution in [-0.2, 0) is 27.9 Å². The average Bonchev–Trinajstić information content (AvgIpc) is 2.77. The van der Waals surface area contributed by atoms with Crippen molar-refractivity contribution in [2.24, 2.45) is 0 Å². The number of carboxylic acids is 1. The molecule has 1 unspecified atom stereocenters. The minimum Gasteiger partial charge on any atom is -0.480 e. The Morgan fingerprint density at radius 1 is 1.40 bits per heavy atom. The molecular formula is C14H18N2O3S. The van der Waals surface area contributed by atoms with Crippen LogP contribution in [0.2, 0.25) is 0 Å².